The summed E-state index contributed by atoms with van der Waals surface area (Å²) in [6, 6.07) is 14.7. The standard InChI is InChI=1S/C18H20N2O4/c1-11(12-5-3-2-4-6-12)20-15(16(21)18(23)24)13-7-9-14(10-8-13)17(19)22/h2-11,15-16,20-21H,1H3,(H2,19,22)(H,23,24)/t11?,15-,16+/m0/s1. The van der Waals surface area contributed by atoms with Crippen LogP contribution in [0.5, 0.6) is 0 Å². The van der Waals surface area contributed by atoms with Crippen molar-refractivity contribution in [2.75, 3.05) is 0 Å². The molecule has 0 aliphatic carbocycles. The Labute approximate surface area is 139 Å². The Morgan fingerprint density at radius 2 is 1.58 bits per heavy atom. The summed E-state index contributed by atoms with van der Waals surface area (Å²) in [6.45, 7) is 1.88. The van der Waals surface area contributed by atoms with Crippen LogP contribution in [0.1, 0.15) is 40.5 Å². The topological polar surface area (TPSA) is 113 Å². The van der Waals surface area contributed by atoms with E-state index in [2.05, 4.69) is 5.32 Å². The minimum Gasteiger partial charge on any atom is -0.479 e. The smallest absolute Gasteiger partial charge is 0.334 e. The highest BCUT2D eigenvalue weighted by Crippen LogP contribution is 2.23. The molecule has 1 amide bonds. The number of nitrogens with one attached hydrogen (secondary N) is 1. The summed E-state index contributed by atoms with van der Waals surface area (Å²) in [6.07, 6.45) is -1.63. The van der Waals surface area contributed by atoms with Gasteiger partial charge >= 0.3 is 5.97 Å². The van der Waals surface area contributed by atoms with Gasteiger partial charge in [-0.2, -0.15) is 0 Å². The van der Waals surface area contributed by atoms with E-state index in [0.717, 1.165) is 5.56 Å². The second-order valence-corrected chi connectivity index (χ2v) is 5.55. The van der Waals surface area contributed by atoms with Gasteiger partial charge in [-0.15, -0.1) is 0 Å². The van der Waals surface area contributed by atoms with Gasteiger partial charge < -0.3 is 21.3 Å². The van der Waals surface area contributed by atoms with Crippen LogP contribution in [0.2, 0.25) is 0 Å². The van der Waals surface area contributed by atoms with Gasteiger partial charge in [0.2, 0.25) is 5.91 Å². The highest BCUT2D eigenvalue weighted by atomic mass is 16.4. The maximum absolute atomic E-state index is 11.2. The first kappa shape index (κ1) is 17.7. The Morgan fingerprint density at radius 1 is 1.00 bits per heavy atom. The number of nitrogens with two attached hydrogens (primary N) is 1. The quantitative estimate of drug-likeness (QED) is 0.617. The maximum Gasteiger partial charge on any atom is 0.334 e. The number of hydrogen-bond acceptors (Lipinski definition) is 4. The second-order valence-electron chi connectivity index (χ2n) is 5.55. The molecule has 2 aromatic rings. The molecule has 6 nitrogen and oxygen atoms in total. The van der Waals surface area contributed by atoms with Crippen molar-refractivity contribution in [3.63, 3.8) is 0 Å². The molecule has 2 aromatic carbocycles. The molecule has 0 aromatic heterocycles. The zero-order valence-corrected chi connectivity index (χ0v) is 13.2. The summed E-state index contributed by atoms with van der Waals surface area (Å²) in [4.78, 5) is 22.4. The lowest BCUT2D eigenvalue weighted by Gasteiger charge is -2.26. The summed E-state index contributed by atoms with van der Waals surface area (Å²) in [5.74, 6) is -1.89. The van der Waals surface area contributed by atoms with Crippen molar-refractivity contribution >= 4 is 11.9 Å². The molecule has 0 aliphatic rings. The number of primary amides is 1. The van der Waals surface area contributed by atoms with E-state index in [1.807, 2.05) is 37.3 Å². The zero-order chi connectivity index (χ0) is 17.7. The highest BCUT2D eigenvalue weighted by Gasteiger charge is 2.28. The number of rotatable bonds is 7. The van der Waals surface area contributed by atoms with Crippen LogP contribution in [0.3, 0.4) is 0 Å². The van der Waals surface area contributed by atoms with Crippen LogP contribution in [0.25, 0.3) is 0 Å². The number of amides is 1. The van der Waals surface area contributed by atoms with Crippen molar-refractivity contribution in [1.29, 1.82) is 0 Å². The summed E-state index contributed by atoms with van der Waals surface area (Å²) < 4.78 is 0. The molecular formula is C18H20N2O4. The zero-order valence-electron chi connectivity index (χ0n) is 13.2. The number of aliphatic carboxylic acids is 1. The fourth-order valence-electron chi connectivity index (χ4n) is 2.47. The van der Waals surface area contributed by atoms with E-state index in [4.69, 9.17) is 5.73 Å². The number of carbonyl (C=O) groups excluding carboxylic acids is 1. The summed E-state index contributed by atoms with van der Waals surface area (Å²) >= 11 is 0. The minimum atomic E-state index is -1.63. The van der Waals surface area contributed by atoms with Crippen LogP contribution in [0, 0.1) is 0 Å². The first-order valence-corrected chi connectivity index (χ1v) is 7.51. The van der Waals surface area contributed by atoms with Gasteiger partial charge in [-0.3, -0.25) is 4.79 Å². The molecule has 0 aliphatic heterocycles. The van der Waals surface area contributed by atoms with E-state index in [0.29, 0.717) is 11.1 Å². The predicted octanol–water partition coefficient (Wildman–Crippen LogP) is 1.62. The van der Waals surface area contributed by atoms with Gasteiger partial charge in [0.15, 0.2) is 6.10 Å². The van der Waals surface area contributed by atoms with Crippen LogP contribution >= 0.6 is 0 Å². The third kappa shape index (κ3) is 4.18. The number of aliphatic hydroxyl groups excluding tert-OH is 1. The summed E-state index contributed by atoms with van der Waals surface area (Å²) in [5, 5.41) is 22.4. The molecule has 1 unspecified atom stereocenters. The third-order valence-corrected chi connectivity index (χ3v) is 3.85. The molecule has 0 saturated carbocycles. The van der Waals surface area contributed by atoms with E-state index in [1.54, 1.807) is 12.1 Å². The lowest BCUT2D eigenvalue weighted by Crippen LogP contribution is -2.38. The number of aliphatic hydroxyl groups is 1. The van der Waals surface area contributed by atoms with Gasteiger partial charge in [0.05, 0.1) is 6.04 Å². The van der Waals surface area contributed by atoms with Crippen LogP contribution in [-0.4, -0.2) is 28.2 Å². The lowest BCUT2D eigenvalue weighted by molar-refractivity contribution is -0.148. The number of carboxylic acid groups (broad SMARTS) is 1. The molecule has 0 spiro atoms. The lowest BCUT2D eigenvalue weighted by atomic mass is 9.97. The van der Waals surface area contributed by atoms with Crippen molar-refractivity contribution in [3.8, 4) is 0 Å². The Kier molecular flexibility index (Phi) is 5.68. The third-order valence-electron chi connectivity index (χ3n) is 3.85. The summed E-state index contributed by atoms with van der Waals surface area (Å²) in [5.41, 5.74) is 7.04. The second kappa shape index (κ2) is 7.72. The minimum absolute atomic E-state index is 0.180. The first-order valence-electron chi connectivity index (χ1n) is 7.51. The summed E-state index contributed by atoms with van der Waals surface area (Å²) in [7, 11) is 0. The first-order chi connectivity index (χ1) is 11.4. The van der Waals surface area contributed by atoms with Crippen LogP contribution < -0.4 is 11.1 Å². The van der Waals surface area contributed by atoms with Crippen LogP contribution in [-0.2, 0) is 4.79 Å². The Bertz CT molecular complexity index is 701. The Hall–Kier alpha value is -2.70. The molecule has 3 atom stereocenters. The molecule has 0 bridgehead atoms. The van der Waals surface area contributed by atoms with Gasteiger partial charge in [-0.05, 0) is 30.2 Å². The van der Waals surface area contributed by atoms with Gasteiger partial charge in [0, 0.05) is 11.6 Å². The van der Waals surface area contributed by atoms with Crippen LogP contribution in [0.15, 0.2) is 54.6 Å². The number of benzene rings is 2. The van der Waals surface area contributed by atoms with Gasteiger partial charge in [0.1, 0.15) is 0 Å². The normalized spacial score (nSPS) is 14.6. The number of carbonyl (C=O) groups is 2. The molecule has 126 valence electrons. The van der Waals surface area contributed by atoms with Crippen molar-refractivity contribution in [3.05, 3.63) is 71.3 Å². The van der Waals surface area contributed by atoms with E-state index in [-0.39, 0.29) is 6.04 Å². The van der Waals surface area contributed by atoms with E-state index < -0.39 is 24.0 Å². The molecule has 6 heteroatoms. The van der Waals surface area contributed by atoms with Crippen LogP contribution in [0.4, 0.5) is 0 Å². The van der Waals surface area contributed by atoms with E-state index in [9.17, 15) is 19.8 Å². The Balaban J connectivity index is 2.27. The van der Waals surface area contributed by atoms with Gasteiger partial charge in [-0.1, -0.05) is 42.5 Å². The Morgan fingerprint density at radius 3 is 2.08 bits per heavy atom. The highest BCUT2D eigenvalue weighted by molar-refractivity contribution is 5.92. The number of carboxylic acids is 1. The van der Waals surface area contributed by atoms with Crippen molar-refractivity contribution in [2.24, 2.45) is 5.73 Å². The molecular weight excluding hydrogens is 308 g/mol. The molecule has 2 rings (SSSR count). The van der Waals surface area contributed by atoms with Gasteiger partial charge in [0.25, 0.3) is 0 Å². The molecule has 0 fully saturated rings. The SMILES string of the molecule is CC(N[C@@H](c1ccc(C(N)=O)cc1)[C@@H](O)C(=O)O)c1ccccc1. The number of hydrogen-bond donors (Lipinski definition) is 4. The van der Waals surface area contributed by atoms with Crippen molar-refractivity contribution in [2.45, 2.75) is 25.1 Å². The monoisotopic (exact) mass is 328 g/mol. The predicted molar refractivity (Wildman–Crippen MR) is 89.3 cm³/mol. The molecule has 0 radical (unpaired) electrons. The molecule has 0 saturated heterocycles. The van der Waals surface area contributed by atoms with E-state index >= 15 is 0 Å². The van der Waals surface area contributed by atoms with Crippen molar-refractivity contribution in [1.82, 2.24) is 5.32 Å². The average Bonchev–Trinajstić information content (AvgIpc) is 2.59. The maximum atomic E-state index is 11.2. The average molecular weight is 328 g/mol. The van der Waals surface area contributed by atoms with Gasteiger partial charge in [-0.25, -0.2) is 4.79 Å². The molecule has 24 heavy (non-hydrogen) atoms. The molecule has 0 heterocycles. The van der Waals surface area contributed by atoms with Crippen molar-refractivity contribution < 1.29 is 19.8 Å². The molecule has 5 N–H and O–H groups in total. The fourth-order valence-corrected chi connectivity index (χ4v) is 2.47. The largest absolute Gasteiger partial charge is 0.479 e. The fraction of sp³-hybridized carbons (Fsp3) is 0.222. The van der Waals surface area contributed by atoms with E-state index in [1.165, 1.54) is 12.1 Å².